The maximum absolute atomic E-state index is 10.6. The molecule has 1 aliphatic rings. The first-order valence-electron chi connectivity index (χ1n) is 6.33. The van der Waals surface area contributed by atoms with Crippen molar-refractivity contribution in [3.8, 4) is 0 Å². The van der Waals surface area contributed by atoms with Crippen molar-refractivity contribution < 1.29 is 4.92 Å². The van der Waals surface area contributed by atoms with Crippen molar-refractivity contribution in [2.75, 3.05) is 11.1 Å². The van der Waals surface area contributed by atoms with Crippen molar-refractivity contribution in [2.45, 2.75) is 18.4 Å². The van der Waals surface area contributed by atoms with Gasteiger partial charge in [0.1, 0.15) is 6.20 Å². The molecule has 21 heavy (non-hydrogen) atoms. The van der Waals surface area contributed by atoms with Crippen molar-refractivity contribution >= 4 is 29.1 Å². The predicted octanol–water partition coefficient (Wildman–Crippen LogP) is 2.59. The molecule has 1 aromatic carbocycles. The number of aromatic nitrogens is 2. The Balaban J connectivity index is 1.69. The molecule has 3 rings (SSSR count). The molecule has 1 aromatic heterocycles. The molecule has 3 N–H and O–H groups in total. The molecular formula is C13H12ClN5O2. The van der Waals surface area contributed by atoms with Gasteiger partial charge in [-0.25, -0.2) is 4.98 Å². The van der Waals surface area contributed by atoms with Gasteiger partial charge in [-0.3, -0.25) is 10.1 Å². The lowest BCUT2D eigenvalue weighted by molar-refractivity contribution is -0.384. The third-order valence-corrected chi connectivity index (χ3v) is 3.61. The van der Waals surface area contributed by atoms with E-state index in [1.54, 1.807) is 0 Å². The normalized spacial score (nSPS) is 20.0. The Labute approximate surface area is 125 Å². The van der Waals surface area contributed by atoms with Crippen LogP contribution in [0.15, 0.2) is 30.5 Å². The summed E-state index contributed by atoms with van der Waals surface area (Å²) in [7, 11) is 0. The van der Waals surface area contributed by atoms with Crippen LogP contribution in [-0.4, -0.2) is 20.9 Å². The number of nitrogens with one attached hydrogen (secondary N) is 1. The Hall–Kier alpha value is -2.41. The first-order chi connectivity index (χ1) is 10.0. The Morgan fingerprint density at radius 3 is 2.95 bits per heavy atom. The number of hydrogen-bond acceptors (Lipinski definition) is 6. The lowest BCUT2D eigenvalue weighted by atomic mass is 10.1. The van der Waals surface area contributed by atoms with Crippen LogP contribution in [0.25, 0.3) is 0 Å². The van der Waals surface area contributed by atoms with Gasteiger partial charge in [0.25, 0.3) is 0 Å². The second-order valence-electron chi connectivity index (χ2n) is 4.87. The number of nitrogen functional groups attached to an aromatic ring is 1. The molecule has 0 radical (unpaired) electrons. The number of benzene rings is 1. The Bertz CT molecular complexity index is 709. The van der Waals surface area contributed by atoms with E-state index >= 15 is 0 Å². The summed E-state index contributed by atoms with van der Waals surface area (Å²) < 4.78 is 0. The highest BCUT2D eigenvalue weighted by atomic mass is 35.5. The molecule has 0 aliphatic heterocycles. The molecule has 2 atom stereocenters. The zero-order chi connectivity index (χ0) is 15.0. The Morgan fingerprint density at radius 1 is 1.48 bits per heavy atom. The van der Waals surface area contributed by atoms with E-state index in [9.17, 15) is 10.1 Å². The van der Waals surface area contributed by atoms with E-state index in [0.717, 1.165) is 18.2 Å². The fourth-order valence-electron chi connectivity index (χ4n) is 2.22. The lowest BCUT2D eigenvalue weighted by Crippen LogP contribution is -2.10. The fraction of sp³-hybridized carbons (Fsp3) is 0.231. The van der Waals surface area contributed by atoms with Gasteiger partial charge in [0.15, 0.2) is 0 Å². The van der Waals surface area contributed by atoms with Gasteiger partial charge < -0.3 is 11.1 Å². The van der Waals surface area contributed by atoms with Gasteiger partial charge >= 0.3 is 5.69 Å². The average Bonchev–Trinajstić information content (AvgIpc) is 3.17. The van der Waals surface area contributed by atoms with Gasteiger partial charge in [-0.15, -0.1) is 0 Å². The second-order valence-corrected chi connectivity index (χ2v) is 5.31. The highest BCUT2D eigenvalue weighted by Crippen LogP contribution is 2.43. The summed E-state index contributed by atoms with van der Waals surface area (Å²) in [5, 5.41) is 14.5. The molecular weight excluding hydrogens is 294 g/mol. The largest absolute Gasteiger partial charge is 0.378 e. The van der Waals surface area contributed by atoms with E-state index < -0.39 is 4.92 Å². The maximum Gasteiger partial charge on any atom is 0.329 e. The quantitative estimate of drug-likeness (QED) is 0.664. The fourth-order valence-corrected chi connectivity index (χ4v) is 2.42. The van der Waals surface area contributed by atoms with E-state index in [1.807, 2.05) is 24.3 Å². The van der Waals surface area contributed by atoms with Gasteiger partial charge in [0.2, 0.25) is 11.8 Å². The summed E-state index contributed by atoms with van der Waals surface area (Å²) in [5.74, 6) is 0.494. The molecule has 1 aliphatic carbocycles. The minimum Gasteiger partial charge on any atom is -0.378 e. The summed E-state index contributed by atoms with van der Waals surface area (Å²) in [4.78, 5) is 17.9. The average molecular weight is 306 g/mol. The third kappa shape index (κ3) is 2.87. The molecule has 2 aromatic rings. The predicted molar refractivity (Wildman–Crippen MR) is 79.3 cm³/mol. The van der Waals surface area contributed by atoms with Crippen LogP contribution in [0.5, 0.6) is 0 Å². The topological polar surface area (TPSA) is 107 Å². The minimum atomic E-state index is -0.606. The number of anilines is 2. The van der Waals surface area contributed by atoms with E-state index in [2.05, 4.69) is 15.3 Å². The van der Waals surface area contributed by atoms with E-state index in [1.165, 1.54) is 0 Å². The van der Waals surface area contributed by atoms with Crippen LogP contribution in [0.3, 0.4) is 0 Å². The summed E-state index contributed by atoms with van der Waals surface area (Å²) in [6.45, 7) is 0. The SMILES string of the molecule is Nc1nc(NC2CC2c2cccc(Cl)c2)ncc1[N+](=O)[O-]. The van der Waals surface area contributed by atoms with E-state index in [4.69, 9.17) is 17.3 Å². The standard InChI is InChI=1S/C13H12ClN5O2/c14-8-3-1-2-7(4-8)9-5-10(9)17-13-16-6-11(19(20)21)12(15)18-13/h1-4,6,9-10H,5H2,(H3,15,16,17,18). The zero-order valence-corrected chi connectivity index (χ0v) is 11.6. The first-order valence-corrected chi connectivity index (χ1v) is 6.71. The Morgan fingerprint density at radius 2 is 2.29 bits per heavy atom. The lowest BCUT2D eigenvalue weighted by Gasteiger charge is -2.05. The highest BCUT2D eigenvalue weighted by molar-refractivity contribution is 6.30. The summed E-state index contributed by atoms with van der Waals surface area (Å²) >= 11 is 5.97. The zero-order valence-electron chi connectivity index (χ0n) is 10.9. The smallest absolute Gasteiger partial charge is 0.329 e. The number of rotatable bonds is 4. The van der Waals surface area contributed by atoms with Crippen LogP contribution in [0.1, 0.15) is 17.9 Å². The molecule has 0 amide bonds. The van der Waals surface area contributed by atoms with Crippen LogP contribution in [0.2, 0.25) is 5.02 Å². The van der Waals surface area contributed by atoms with Crippen molar-refractivity contribution in [1.29, 1.82) is 0 Å². The van der Waals surface area contributed by atoms with Gasteiger partial charge in [-0.1, -0.05) is 23.7 Å². The molecule has 0 saturated heterocycles. The van der Waals surface area contributed by atoms with Gasteiger partial charge in [0.05, 0.1) is 4.92 Å². The van der Waals surface area contributed by atoms with Crippen molar-refractivity contribution in [3.63, 3.8) is 0 Å². The van der Waals surface area contributed by atoms with Crippen LogP contribution in [0.4, 0.5) is 17.5 Å². The number of nitro groups is 1. The van der Waals surface area contributed by atoms with Crippen molar-refractivity contribution in [1.82, 2.24) is 9.97 Å². The summed E-state index contributed by atoms with van der Waals surface area (Å²) in [6, 6.07) is 7.87. The van der Waals surface area contributed by atoms with E-state index in [-0.39, 0.29) is 17.5 Å². The minimum absolute atomic E-state index is 0.141. The molecule has 1 saturated carbocycles. The molecule has 8 heteroatoms. The van der Waals surface area contributed by atoms with Crippen LogP contribution in [0, 0.1) is 10.1 Å². The van der Waals surface area contributed by atoms with Gasteiger partial charge in [-0.05, 0) is 24.1 Å². The molecule has 2 unspecified atom stereocenters. The molecule has 7 nitrogen and oxygen atoms in total. The van der Waals surface area contributed by atoms with Crippen LogP contribution >= 0.6 is 11.6 Å². The first kappa shape index (κ1) is 13.6. The van der Waals surface area contributed by atoms with Gasteiger partial charge in [-0.2, -0.15) is 4.98 Å². The molecule has 1 fully saturated rings. The maximum atomic E-state index is 10.6. The number of nitrogens with zero attached hydrogens (tertiary/aromatic N) is 3. The second kappa shape index (κ2) is 5.17. The van der Waals surface area contributed by atoms with Crippen LogP contribution in [-0.2, 0) is 0 Å². The number of hydrogen-bond donors (Lipinski definition) is 2. The third-order valence-electron chi connectivity index (χ3n) is 3.38. The van der Waals surface area contributed by atoms with Crippen LogP contribution < -0.4 is 11.1 Å². The highest BCUT2D eigenvalue weighted by Gasteiger charge is 2.39. The van der Waals surface area contributed by atoms with Gasteiger partial charge in [0, 0.05) is 17.0 Å². The summed E-state index contributed by atoms with van der Waals surface area (Å²) in [5.41, 5.74) is 6.39. The van der Waals surface area contributed by atoms with Crippen molar-refractivity contribution in [2.24, 2.45) is 0 Å². The van der Waals surface area contributed by atoms with Crippen molar-refractivity contribution in [3.05, 3.63) is 51.2 Å². The molecule has 0 spiro atoms. The number of halogens is 1. The number of nitrogens with two attached hydrogens (primary N) is 1. The monoisotopic (exact) mass is 305 g/mol. The Kier molecular flexibility index (Phi) is 3.34. The van der Waals surface area contributed by atoms with E-state index in [0.29, 0.717) is 16.9 Å². The molecule has 1 heterocycles. The molecule has 0 bridgehead atoms. The molecule has 108 valence electrons. The summed E-state index contributed by atoms with van der Waals surface area (Å²) in [6.07, 6.45) is 2.04.